The van der Waals surface area contributed by atoms with E-state index in [4.69, 9.17) is 11.6 Å². The maximum absolute atomic E-state index is 13.0. The molecule has 0 radical (unpaired) electrons. The molecule has 34 heavy (non-hydrogen) atoms. The third kappa shape index (κ3) is 4.86. The van der Waals surface area contributed by atoms with Crippen molar-refractivity contribution in [2.75, 3.05) is 25.5 Å². The van der Waals surface area contributed by atoms with E-state index in [1.165, 1.54) is 11.1 Å². The number of nitrogens with zero attached hydrogens (tertiary/aromatic N) is 3. The first kappa shape index (κ1) is 23.6. The van der Waals surface area contributed by atoms with Gasteiger partial charge in [0.05, 0.1) is 29.6 Å². The minimum Gasteiger partial charge on any atom is -0.394 e. The number of hydrogen-bond donors (Lipinski definition) is 4. The summed E-state index contributed by atoms with van der Waals surface area (Å²) >= 11 is 6.27. The number of carbonyl (C=O) groups excluding carboxylic acids is 2. The summed E-state index contributed by atoms with van der Waals surface area (Å²) in [7, 11) is 1.70. The van der Waals surface area contributed by atoms with Gasteiger partial charge in [0.25, 0.3) is 5.91 Å². The zero-order chi connectivity index (χ0) is 24.2. The lowest BCUT2D eigenvalue weighted by Crippen LogP contribution is -2.43. The zero-order valence-electron chi connectivity index (χ0n) is 18.4. The van der Waals surface area contributed by atoms with Gasteiger partial charge in [0.2, 0.25) is 11.9 Å². The number of nitrogens with one attached hydrogen (secondary N) is 2. The molecule has 2 unspecified atom stereocenters. The van der Waals surface area contributed by atoms with Gasteiger partial charge in [-0.05, 0) is 17.2 Å². The number of aliphatic hydroxyl groups is 2. The van der Waals surface area contributed by atoms with Crippen LogP contribution in [0.1, 0.15) is 27.5 Å². The van der Waals surface area contributed by atoms with Crippen molar-refractivity contribution < 1.29 is 19.8 Å². The molecular weight excluding hydrogens is 458 g/mol. The van der Waals surface area contributed by atoms with Crippen LogP contribution in [0.5, 0.6) is 0 Å². The Bertz CT molecular complexity index is 1210. The summed E-state index contributed by atoms with van der Waals surface area (Å²) in [5, 5.41) is 25.6. The van der Waals surface area contributed by atoms with E-state index in [1.807, 2.05) is 18.2 Å². The smallest absolute Gasteiger partial charge is 0.254 e. The minimum atomic E-state index is -1.18. The molecule has 4 N–H and O–H groups in total. The lowest BCUT2D eigenvalue weighted by atomic mass is 10.0. The Kier molecular flexibility index (Phi) is 7.06. The van der Waals surface area contributed by atoms with Crippen molar-refractivity contribution in [2.24, 2.45) is 0 Å². The first-order valence-corrected chi connectivity index (χ1v) is 11.0. The van der Waals surface area contributed by atoms with Crippen LogP contribution in [0.15, 0.2) is 54.7 Å². The van der Waals surface area contributed by atoms with E-state index >= 15 is 0 Å². The number of amides is 2. The summed E-state index contributed by atoms with van der Waals surface area (Å²) in [5.74, 6) is -0.326. The number of halogens is 1. The van der Waals surface area contributed by atoms with Crippen LogP contribution < -0.4 is 10.6 Å². The number of fused-ring (bicyclic) bond motifs is 1. The monoisotopic (exact) mass is 481 g/mol. The zero-order valence-corrected chi connectivity index (χ0v) is 19.2. The summed E-state index contributed by atoms with van der Waals surface area (Å²) in [6, 6.07) is 13.4. The molecular formula is C24H24ClN5O4. The molecule has 0 saturated heterocycles. The fourth-order valence-corrected chi connectivity index (χ4v) is 4.09. The molecule has 2 atom stereocenters. The lowest BCUT2D eigenvalue weighted by Gasteiger charge is -2.24. The summed E-state index contributed by atoms with van der Waals surface area (Å²) in [4.78, 5) is 35.7. The van der Waals surface area contributed by atoms with Gasteiger partial charge in [0, 0.05) is 24.7 Å². The molecule has 2 aromatic carbocycles. The van der Waals surface area contributed by atoms with Gasteiger partial charge in [-0.1, -0.05) is 54.1 Å². The maximum atomic E-state index is 13.0. The van der Waals surface area contributed by atoms with E-state index in [0.29, 0.717) is 33.4 Å². The number of carbonyl (C=O) groups is 2. The summed E-state index contributed by atoms with van der Waals surface area (Å²) < 4.78 is 0. The first-order valence-electron chi connectivity index (χ1n) is 10.7. The van der Waals surface area contributed by atoms with Crippen LogP contribution in [0.25, 0.3) is 11.3 Å². The molecule has 9 nitrogen and oxygen atoms in total. The highest BCUT2D eigenvalue weighted by Crippen LogP contribution is 2.31. The van der Waals surface area contributed by atoms with Crippen LogP contribution in [0.3, 0.4) is 0 Å². The third-order valence-corrected chi connectivity index (χ3v) is 5.89. The van der Waals surface area contributed by atoms with Gasteiger partial charge < -0.3 is 25.7 Å². The van der Waals surface area contributed by atoms with Crippen LogP contribution in [0.4, 0.5) is 5.95 Å². The number of anilines is 1. The SMILES string of the molecule is CNc1ncc(Cl)c(-c2ccc3c(c2)C(=O)N(CC(=O)NC(c2ccccc2)C(O)CO)C3)n1. The van der Waals surface area contributed by atoms with E-state index < -0.39 is 24.7 Å². The second-order valence-corrected chi connectivity index (χ2v) is 8.29. The molecule has 2 heterocycles. The predicted molar refractivity (Wildman–Crippen MR) is 127 cm³/mol. The van der Waals surface area contributed by atoms with Gasteiger partial charge in [-0.2, -0.15) is 0 Å². The Morgan fingerprint density at radius 3 is 2.71 bits per heavy atom. The summed E-state index contributed by atoms with van der Waals surface area (Å²) in [6.07, 6.45) is 0.311. The van der Waals surface area contributed by atoms with Crippen LogP contribution in [-0.4, -0.2) is 63.2 Å². The molecule has 2 amide bonds. The fourth-order valence-electron chi connectivity index (χ4n) is 3.89. The average Bonchev–Trinajstić information content (AvgIpc) is 3.17. The molecule has 3 aromatic rings. The minimum absolute atomic E-state index is 0.192. The first-order chi connectivity index (χ1) is 16.4. The van der Waals surface area contributed by atoms with Crippen molar-refractivity contribution in [3.8, 4) is 11.3 Å². The Hall–Kier alpha value is -3.53. The second kappa shape index (κ2) is 10.2. The van der Waals surface area contributed by atoms with Gasteiger partial charge in [-0.15, -0.1) is 0 Å². The van der Waals surface area contributed by atoms with E-state index in [0.717, 1.165) is 5.56 Å². The van der Waals surface area contributed by atoms with Crippen LogP contribution >= 0.6 is 11.6 Å². The number of rotatable bonds is 8. The molecule has 0 saturated carbocycles. The van der Waals surface area contributed by atoms with E-state index in [9.17, 15) is 19.8 Å². The maximum Gasteiger partial charge on any atom is 0.254 e. The number of aromatic nitrogens is 2. The fraction of sp³-hybridized carbons (Fsp3) is 0.250. The molecule has 1 aliphatic rings. The number of aliphatic hydroxyl groups excluding tert-OH is 2. The molecule has 0 fully saturated rings. The van der Waals surface area contributed by atoms with E-state index in [-0.39, 0.29) is 19.0 Å². The Labute approximate surface area is 201 Å². The van der Waals surface area contributed by atoms with Crippen LogP contribution in [0, 0.1) is 0 Å². The lowest BCUT2D eigenvalue weighted by molar-refractivity contribution is -0.123. The topological polar surface area (TPSA) is 128 Å². The molecule has 1 aliphatic heterocycles. The summed E-state index contributed by atoms with van der Waals surface area (Å²) in [6.45, 7) is -0.431. The van der Waals surface area contributed by atoms with Crippen molar-refractivity contribution in [1.82, 2.24) is 20.2 Å². The molecule has 4 rings (SSSR count). The van der Waals surface area contributed by atoms with Gasteiger partial charge >= 0.3 is 0 Å². The van der Waals surface area contributed by atoms with E-state index in [1.54, 1.807) is 37.4 Å². The van der Waals surface area contributed by atoms with Crippen molar-refractivity contribution in [1.29, 1.82) is 0 Å². The molecule has 0 bridgehead atoms. The molecule has 0 spiro atoms. The van der Waals surface area contributed by atoms with Crippen molar-refractivity contribution in [3.05, 3.63) is 76.4 Å². The summed E-state index contributed by atoms with van der Waals surface area (Å²) in [5.41, 5.74) is 3.08. The largest absolute Gasteiger partial charge is 0.394 e. The number of benzene rings is 2. The highest BCUT2D eigenvalue weighted by molar-refractivity contribution is 6.33. The Morgan fingerprint density at radius 2 is 2.00 bits per heavy atom. The van der Waals surface area contributed by atoms with Crippen LogP contribution in [0.2, 0.25) is 5.02 Å². The van der Waals surface area contributed by atoms with Crippen molar-refractivity contribution >= 4 is 29.4 Å². The molecule has 0 aliphatic carbocycles. The average molecular weight is 482 g/mol. The molecule has 1 aromatic heterocycles. The van der Waals surface area contributed by atoms with Gasteiger partial charge in [0.1, 0.15) is 12.6 Å². The Morgan fingerprint density at radius 1 is 1.24 bits per heavy atom. The van der Waals surface area contributed by atoms with Gasteiger partial charge in [0.15, 0.2) is 0 Å². The van der Waals surface area contributed by atoms with Gasteiger partial charge in [-0.3, -0.25) is 9.59 Å². The van der Waals surface area contributed by atoms with Gasteiger partial charge in [-0.25, -0.2) is 9.97 Å². The van der Waals surface area contributed by atoms with Crippen molar-refractivity contribution in [3.63, 3.8) is 0 Å². The second-order valence-electron chi connectivity index (χ2n) is 7.88. The number of hydrogen-bond acceptors (Lipinski definition) is 7. The quantitative estimate of drug-likeness (QED) is 0.387. The van der Waals surface area contributed by atoms with Crippen LogP contribution in [-0.2, 0) is 11.3 Å². The van der Waals surface area contributed by atoms with E-state index in [2.05, 4.69) is 20.6 Å². The molecule has 10 heteroatoms. The third-order valence-electron chi connectivity index (χ3n) is 5.61. The predicted octanol–water partition coefficient (Wildman–Crippen LogP) is 2.01. The molecule has 176 valence electrons. The van der Waals surface area contributed by atoms with Crippen molar-refractivity contribution in [2.45, 2.75) is 18.7 Å². The highest BCUT2D eigenvalue weighted by atomic mass is 35.5. The normalized spacial score (nSPS) is 14.5. The standard InChI is InChI=1S/C24H24ClN5O4/c1-26-24-27-10-18(25)21(29-24)15-7-8-16-11-30(23(34)17(16)9-15)12-20(33)28-22(19(32)13-31)14-5-3-2-4-6-14/h2-10,19,22,31-32H,11-13H2,1H3,(H,28,33)(H,26,27,29). The highest BCUT2D eigenvalue weighted by Gasteiger charge is 2.31. The Balaban J connectivity index is 1.50.